The number of aliphatic hydroxyl groups excluding tert-OH is 1. The highest BCUT2D eigenvalue weighted by molar-refractivity contribution is 7.89. The van der Waals surface area contributed by atoms with Crippen LogP contribution in [0.2, 0.25) is 0 Å². The van der Waals surface area contributed by atoms with E-state index in [1.807, 2.05) is 73.7 Å². The summed E-state index contributed by atoms with van der Waals surface area (Å²) in [6, 6.07) is 30.8. The fraction of sp³-hybridized carbons (Fsp3) is 0.444. The van der Waals surface area contributed by atoms with Crippen molar-refractivity contribution >= 4 is 21.6 Å². The van der Waals surface area contributed by atoms with E-state index < -0.39 is 28.3 Å². The summed E-state index contributed by atoms with van der Waals surface area (Å²) >= 11 is 0. The Balaban J connectivity index is 1.10. The molecular weight excluding hydrogens is 711 g/mol. The number of hydrogen-bond acceptors (Lipinski definition) is 7. The van der Waals surface area contributed by atoms with Gasteiger partial charge in [-0.15, -0.1) is 0 Å². The molecule has 55 heavy (non-hydrogen) atoms. The summed E-state index contributed by atoms with van der Waals surface area (Å²) in [5, 5.41) is 12.6. The van der Waals surface area contributed by atoms with Crippen LogP contribution >= 0.6 is 0 Å². The van der Waals surface area contributed by atoms with E-state index in [9.17, 15) is 18.3 Å². The second-order valence-electron chi connectivity index (χ2n) is 17.3. The molecule has 2 aliphatic heterocycles. The molecular formula is C45H55N3O6S. The number of aliphatic hydroxyl groups is 1. The van der Waals surface area contributed by atoms with E-state index in [2.05, 4.69) is 42.6 Å². The van der Waals surface area contributed by atoms with Crippen LogP contribution in [-0.4, -0.2) is 55.6 Å². The van der Waals surface area contributed by atoms with Gasteiger partial charge in [0.25, 0.3) is 0 Å². The standard InChI is InChI=1S/C45H55N3O6S/c1-30-11-21-38(22-12-30)55(51,52)47-39(23-32-9-7-6-8-10-32)42(50)46-36-19-17-35(18-20-36)43-53-40(26-48-29-45(5)25-37(48)24-44(3,4)28-45)31(2)41(54-43)34-15-13-33(27-49)14-16-34/h6-22,31,37,39-41,43,47,49H,23-29H2,1-5H3,(H,46,50). The Bertz CT molecular complexity index is 2040. The molecule has 1 amide bonds. The van der Waals surface area contributed by atoms with Crippen molar-refractivity contribution in [3.63, 3.8) is 0 Å². The van der Waals surface area contributed by atoms with Gasteiger partial charge in [-0.2, -0.15) is 4.72 Å². The number of fused-ring (bicyclic) bond motifs is 2. The first-order valence-corrected chi connectivity index (χ1v) is 21.0. The van der Waals surface area contributed by atoms with Gasteiger partial charge in [-0.3, -0.25) is 9.69 Å². The predicted octanol–water partition coefficient (Wildman–Crippen LogP) is 7.71. The topological polar surface area (TPSA) is 117 Å². The largest absolute Gasteiger partial charge is 0.392 e. The first-order chi connectivity index (χ1) is 26.2. The summed E-state index contributed by atoms with van der Waals surface area (Å²) in [7, 11) is -3.98. The van der Waals surface area contributed by atoms with Gasteiger partial charge in [0.15, 0.2) is 6.29 Å². The number of amides is 1. The third kappa shape index (κ3) is 9.22. The Hall–Kier alpha value is -3.90. The summed E-state index contributed by atoms with van der Waals surface area (Å²) < 4.78 is 43.0. The zero-order valence-corrected chi connectivity index (χ0v) is 33.4. The Morgan fingerprint density at radius 3 is 2.22 bits per heavy atom. The average Bonchev–Trinajstić information content (AvgIpc) is 3.39. The predicted molar refractivity (Wildman–Crippen MR) is 215 cm³/mol. The number of aryl methyl sites for hydroxylation is 1. The lowest BCUT2D eigenvalue weighted by molar-refractivity contribution is -0.276. The molecule has 0 aromatic heterocycles. The van der Waals surface area contributed by atoms with Crippen molar-refractivity contribution in [2.75, 3.05) is 18.4 Å². The Morgan fingerprint density at radius 2 is 1.55 bits per heavy atom. The van der Waals surface area contributed by atoms with Crippen LogP contribution < -0.4 is 10.0 Å². The Morgan fingerprint density at radius 1 is 0.873 bits per heavy atom. The molecule has 10 heteroatoms. The SMILES string of the molecule is Cc1ccc(S(=O)(=O)NC(Cc2ccccc2)C(=O)Nc2ccc(C3OC(CN4CC5(C)CC4CC(C)(C)C5)C(C)C(c4ccc(CO)cc4)O3)cc2)cc1. The normalized spacial score (nSPS) is 27.1. The van der Waals surface area contributed by atoms with Crippen LogP contribution in [0.15, 0.2) is 108 Å². The molecule has 7 unspecified atom stereocenters. The summed E-state index contributed by atoms with van der Waals surface area (Å²) in [4.78, 5) is 16.5. The number of sulfonamides is 1. The van der Waals surface area contributed by atoms with Crippen molar-refractivity contribution in [1.82, 2.24) is 9.62 Å². The monoisotopic (exact) mass is 765 g/mol. The molecule has 0 spiro atoms. The van der Waals surface area contributed by atoms with E-state index in [1.54, 1.807) is 36.4 Å². The van der Waals surface area contributed by atoms with Gasteiger partial charge in [0, 0.05) is 36.3 Å². The van der Waals surface area contributed by atoms with Crippen molar-refractivity contribution in [1.29, 1.82) is 0 Å². The first kappa shape index (κ1) is 39.3. The van der Waals surface area contributed by atoms with Gasteiger partial charge in [-0.25, -0.2) is 8.42 Å². The maximum Gasteiger partial charge on any atom is 0.242 e. The molecule has 7 rings (SSSR count). The molecule has 1 aliphatic carbocycles. The second kappa shape index (κ2) is 15.9. The fourth-order valence-electron chi connectivity index (χ4n) is 9.31. The van der Waals surface area contributed by atoms with E-state index in [1.165, 1.54) is 19.3 Å². The number of carbonyl (C=O) groups excluding carboxylic acids is 1. The second-order valence-corrected chi connectivity index (χ2v) is 19.0. The highest BCUT2D eigenvalue weighted by Crippen LogP contribution is 2.53. The van der Waals surface area contributed by atoms with Crippen LogP contribution in [0.4, 0.5) is 5.69 Å². The van der Waals surface area contributed by atoms with Crippen LogP contribution in [0.5, 0.6) is 0 Å². The third-order valence-corrected chi connectivity index (χ3v) is 13.2. The van der Waals surface area contributed by atoms with Crippen LogP contribution in [0.3, 0.4) is 0 Å². The lowest BCUT2D eigenvalue weighted by Crippen LogP contribution is -2.46. The molecule has 2 saturated heterocycles. The molecule has 3 fully saturated rings. The summed E-state index contributed by atoms with van der Waals surface area (Å²) in [5.41, 5.74) is 5.63. The van der Waals surface area contributed by atoms with Crippen molar-refractivity contribution in [3.8, 4) is 0 Å². The van der Waals surface area contributed by atoms with Crippen molar-refractivity contribution in [2.24, 2.45) is 16.7 Å². The van der Waals surface area contributed by atoms with Gasteiger partial charge in [0.05, 0.1) is 23.7 Å². The minimum Gasteiger partial charge on any atom is -0.392 e. The number of carbonyl (C=O) groups is 1. The van der Waals surface area contributed by atoms with Gasteiger partial charge in [-0.1, -0.05) is 112 Å². The fourth-order valence-corrected chi connectivity index (χ4v) is 10.5. The van der Waals surface area contributed by atoms with E-state index in [0.29, 0.717) is 22.6 Å². The highest BCUT2D eigenvalue weighted by atomic mass is 32.2. The number of likely N-dealkylation sites (tertiary alicyclic amines) is 1. The quantitative estimate of drug-likeness (QED) is 0.135. The van der Waals surface area contributed by atoms with E-state index >= 15 is 0 Å². The molecule has 2 heterocycles. The molecule has 4 aromatic rings. The number of ether oxygens (including phenoxy) is 2. The molecule has 0 radical (unpaired) electrons. The number of nitrogens with one attached hydrogen (secondary N) is 2. The van der Waals surface area contributed by atoms with Gasteiger partial charge in [-0.05, 0) is 84.4 Å². The molecule has 2 bridgehead atoms. The van der Waals surface area contributed by atoms with E-state index in [0.717, 1.165) is 40.9 Å². The van der Waals surface area contributed by atoms with Crippen molar-refractivity contribution in [3.05, 3.63) is 131 Å². The third-order valence-electron chi connectivity index (χ3n) is 11.7. The lowest BCUT2D eigenvalue weighted by atomic mass is 9.65. The Kier molecular flexibility index (Phi) is 11.4. The molecule has 4 aromatic carbocycles. The van der Waals surface area contributed by atoms with Crippen LogP contribution in [-0.2, 0) is 37.3 Å². The molecule has 7 atom stereocenters. The molecule has 3 aliphatic rings. The molecule has 9 nitrogen and oxygen atoms in total. The molecule has 3 N–H and O–H groups in total. The van der Waals surface area contributed by atoms with Crippen LogP contribution in [0.1, 0.15) is 87.2 Å². The minimum atomic E-state index is -3.98. The van der Waals surface area contributed by atoms with Crippen LogP contribution in [0.25, 0.3) is 0 Å². The maximum atomic E-state index is 13.8. The molecule has 292 valence electrons. The summed E-state index contributed by atoms with van der Waals surface area (Å²) in [6.45, 7) is 13.2. The zero-order valence-electron chi connectivity index (χ0n) is 32.6. The summed E-state index contributed by atoms with van der Waals surface area (Å²) in [5.74, 6) is -0.397. The van der Waals surface area contributed by atoms with E-state index in [4.69, 9.17) is 9.47 Å². The maximum absolute atomic E-state index is 13.8. The number of anilines is 1. The van der Waals surface area contributed by atoms with Gasteiger partial charge >= 0.3 is 0 Å². The number of hydrogen-bond donors (Lipinski definition) is 3. The highest BCUT2D eigenvalue weighted by Gasteiger charge is 2.51. The van der Waals surface area contributed by atoms with E-state index in [-0.39, 0.29) is 36.0 Å². The van der Waals surface area contributed by atoms with Crippen molar-refractivity contribution < 1.29 is 27.8 Å². The molecule has 1 saturated carbocycles. The zero-order chi connectivity index (χ0) is 39.0. The lowest BCUT2D eigenvalue weighted by Gasteiger charge is -2.43. The smallest absolute Gasteiger partial charge is 0.242 e. The average molecular weight is 766 g/mol. The summed E-state index contributed by atoms with van der Waals surface area (Å²) in [6.07, 6.45) is 2.84. The first-order valence-electron chi connectivity index (χ1n) is 19.5. The van der Waals surface area contributed by atoms with Gasteiger partial charge in [0.1, 0.15) is 6.04 Å². The van der Waals surface area contributed by atoms with Crippen LogP contribution in [0, 0.1) is 23.7 Å². The van der Waals surface area contributed by atoms with Gasteiger partial charge in [0.2, 0.25) is 15.9 Å². The number of nitrogens with zero attached hydrogens (tertiary/aromatic N) is 1. The van der Waals surface area contributed by atoms with Gasteiger partial charge < -0.3 is 19.9 Å². The van der Waals surface area contributed by atoms with Crippen molar-refractivity contribution in [2.45, 2.75) is 102 Å². The Labute approximate surface area is 326 Å². The number of benzene rings is 4. The minimum absolute atomic E-state index is 0.0182. The number of rotatable bonds is 12.